The van der Waals surface area contributed by atoms with Crippen molar-refractivity contribution in [3.05, 3.63) is 34.9 Å². The number of hydrogen-bond donors (Lipinski definition) is 1. The number of nitrogens with one attached hydrogen (secondary N) is 1. The van der Waals surface area contributed by atoms with Crippen molar-refractivity contribution in [3.8, 4) is 0 Å². The van der Waals surface area contributed by atoms with Gasteiger partial charge in [-0.3, -0.25) is 10.1 Å². The zero-order valence-corrected chi connectivity index (χ0v) is 14.1. The van der Waals surface area contributed by atoms with Crippen molar-refractivity contribution in [2.24, 2.45) is 0 Å². The average Bonchev–Trinajstić information content (AvgIpc) is 3.25. The van der Waals surface area contributed by atoms with Gasteiger partial charge in [0, 0.05) is 22.6 Å². The molecule has 1 aliphatic carbocycles. The van der Waals surface area contributed by atoms with Crippen LogP contribution >= 0.6 is 23.4 Å². The van der Waals surface area contributed by atoms with E-state index in [0.29, 0.717) is 18.4 Å². The number of benzene rings is 1. The van der Waals surface area contributed by atoms with E-state index < -0.39 is 5.54 Å². The molecule has 1 fully saturated rings. The Hall–Kier alpha value is -0.710. The van der Waals surface area contributed by atoms with E-state index in [1.165, 1.54) is 5.56 Å². The van der Waals surface area contributed by atoms with Gasteiger partial charge in [-0.05, 0) is 44.4 Å². The van der Waals surface area contributed by atoms with E-state index in [9.17, 15) is 4.79 Å². The van der Waals surface area contributed by atoms with Crippen LogP contribution in [0.2, 0.25) is 5.02 Å². The largest absolute Gasteiger partial charge is 0.465 e. The highest BCUT2D eigenvalue weighted by Gasteiger charge is 2.39. The Labute approximate surface area is 135 Å². The van der Waals surface area contributed by atoms with Crippen molar-refractivity contribution in [2.45, 2.75) is 44.0 Å². The van der Waals surface area contributed by atoms with E-state index in [1.54, 1.807) is 11.8 Å². The second kappa shape index (κ2) is 7.52. The number of carbonyl (C=O) groups excluding carboxylic acids is 1. The van der Waals surface area contributed by atoms with Gasteiger partial charge in [-0.1, -0.05) is 23.7 Å². The molecule has 21 heavy (non-hydrogen) atoms. The molecule has 3 nitrogen and oxygen atoms in total. The Bertz CT molecular complexity index is 476. The van der Waals surface area contributed by atoms with Gasteiger partial charge in [-0.25, -0.2) is 0 Å². The average molecular weight is 328 g/mol. The summed E-state index contributed by atoms with van der Waals surface area (Å²) < 4.78 is 5.22. The van der Waals surface area contributed by atoms with Gasteiger partial charge in [0.1, 0.15) is 5.54 Å². The molecule has 0 amide bonds. The molecule has 0 aromatic heterocycles. The highest BCUT2D eigenvalue weighted by molar-refractivity contribution is 7.98. The molecule has 2 rings (SSSR count). The highest BCUT2D eigenvalue weighted by atomic mass is 35.5. The lowest BCUT2D eigenvalue weighted by molar-refractivity contribution is -0.149. The maximum Gasteiger partial charge on any atom is 0.326 e. The predicted molar refractivity (Wildman–Crippen MR) is 88.8 cm³/mol. The van der Waals surface area contributed by atoms with E-state index in [2.05, 4.69) is 5.32 Å². The first-order chi connectivity index (χ1) is 10.0. The van der Waals surface area contributed by atoms with Crippen LogP contribution in [0, 0.1) is 0 Å². The Kier molecular flexibility index (Phi) is 5.97. The first-order valence-electron chi connectivity index (χ1n) is 7.30. The number of carbonyl (C=O) groups is 1. The van der Waals surface area contributed by atoms with Crippen LogP contribution in [0.5, 0.6) is 0 Å². The lowest BCUT2D eigenvalue weighted by Crippen LogP contribution is -2.53. The van der Waals surface area contributed by atoms with Crippen LogP contribution in [-0.4, -0.2) is 29.9 Å². The summed E-state index contributed by atoms with van der Waals surface area (Å²) in [5, 5.41) is 4.18. The number of ether oxygens (including phenoxy) is 1. The summed E-state index contributed by atoms with van der Waals surface area (Å²) in [7, 11) is 0. The van der Waals surface area contributed by atoms with Gasteiger partial charge in [0.25, 0.3) is 0 Å². The fourth-order valence-electron chi connectivity index (χ4n) is 2.08. The second-order valence-corrected chi connectivity index (χ2v) is 7.01. The molecule has 0 heterocycles. The van der Waals surface area contributed by atoms with Gasteiger partial charge in [0.15, 0.2) is 0 Å². The van der Waals surface area contributed by atoms with Crippen LogP contribution in [-0.2, 0) is 15.3 Å². The summed E-state index contributed by atoms with van der Waals surface area (Å²) in [6.45, 7) is 4.21. The maximum atomic E-state index is 12.2. The number of halogens is 1. The smallest absolute Gasteiger partial charge is 0.326 e. The quantitative estimate of drug-likeness (QED) is 0.740. The van der Waals surface area contributed by atoms with Crippen molar-refractivity contribution in [1.82, 2.24) is 5.32 Å². The Morgan fingerprint density at radius 1 is 1.43 bits per heavy atom. The third-order valence-corrected chi connectivity index (χ3v) is 4.97. The summed E-state index contributed by atoms with van der Waals surface area (Å²) in [4.78, 5) is 12.2. The molecule has 0 bridgehead atoms. The third kappa shape index (κ3) is 5.20. The minimum atomic E-state index is -0.603. The van der Waals surface area contributed by atoms with Gasteiger partial charge in [-0.2, -0.15) is 11.8 Å². The van der Waals surface area contributed by atoms with Crippen molar-refractivity contribution >= 4 is 29.3 Å². The van der Waals surface area contributed by atoms with E-state index in [1.807, 2.05) is 38.1 Å². The van der Waals surface area contributed by atoms with Crippen LogP contribution in [0.1, 0.15) is 32.3 Å². The van der Waals surface area contributed by atoms with Crippen molar-refractivity contribution in [3.63, 3.8) is 0 Å². The Balaban J connectivity index is 1.88. The minimum absolute atomic E-state index is 0.152. The lowest BCUT2D eigenvalue weighted by Gasteiger charge is -2.28. The molecule has 1 aromatic carbocycles. The summed E-state index contributed by atoms with van der Waals surface area (Å²) in [5.74, 6) is 1.41. The maximum absolute atomic E-state index is 12.2. The third-order valence-electron chi connectivity index (χ3n) is 3.40. The molecule has 1 aliphatic rings. The summed E-state index contributed by atoms with van der Waals surface area (Å²) in [5.41, 5.74) is 0.607. The molecule has 1 aromatic rings. The molecule has 1 unspecified atom stereocenters. The zero-order chi connectivity index (χ0) is 15.3. The van der Waals surface area contributed by atoms with Crippen molar-refractivity contribution < 1.29 is 9.53 Å². The first-order valence-corrected chi connectivity index (χ1v) is 8.84. The van der Waals surface area contributed by atoms with E-state index in [4.69, 9.17) is 16.3 Å². The second-order valence-electron chi connectivity index (χ2n) is 5.59. The molecule has 0 spiro atoms. The van der Waals surface area contributed by atoms with Gasteiger partial charge in [0.2, 0.25) is 0 Å². The van der Waals surface area contributed by atoms with Gasteiger partial charge < -0.3 is 4.74 Å². The molecule has 1 atom stereocenters. The topological polar surface area (TPSA) is 38.3 Å². The van der Waals surface area contributed by atoms with E-state index >= 15 is 0 Å². The monoisotopic (exact) mass is 327 g/mol. The Morgan fingerprint density at radius 2 is 2.10 bits per heavy atom. The molecule has 0 aliphatic heterocycles. The van der Waals surface area contributed by atoms with Crippen LogP contribution in [0.15, 0.2) is 24.3 Å². The number of rotatable bonds is 8. The van der Waals surface area contributed by atoms with Crippen LogP contribution in [0.4, 0.5) is 0 Å². The SMILES string of the molecule is CCOC(=O)C(C)(CSCc1ccc(Cl)cc1)NC1CC1. The van der Waals surface area contributed by atoms with Crippen LogP contribution < -0.4 is 5.32 Å². The molecule has 1 saturated carbocycles. The minimum Gasteiger partial charge on any atom is -0.465 e. The number of esters is 1. The zero-order valence-electron chi connectivity index (χ0n) is 12.5. The summed E-state index contributed by atoms with van der Waals surface area (Å²) >= 11 is 7.62. The molecular weight excluding hydrogens is 306 g/mol. The summed E-state index contributed by atoms with van der Waals surface area (Å²) in [6, 6.07) is 8.29. The molecule has 1 N–H and O–H groups in total. The van der Waals surface area contributed by atoms with E-state index in [0.717, 1.165) is 23.6 Å². The molecule has 0 saturated heterocycles. The van der Waals surface area contributed by atoms with Crippen molar-refractivity contribution in [1.29, 1.82) is 0 Å². The fraction of sp³-hybridized carbons (Fsp3) is 0.562. The number of hydrogen-bond acceptors (Lipinski definition) is 4. The van der Waals surface area contributed by atoms with Crippen LogP contribution in [0.25, 0.3) is 0 Å². The molecule has 0 radical (unpaired) electrons. The predicted octanol–water partition coefficient (Wildman–Crippen LogP) is 3.65. The highest BCUT2D eigenvalue weighted by Crippen LogP contribution is 2.26. The first kappa shape index (κ1) is 16.7. The molecule has 116 valence electrons. The molecular formula is C16H22ClNO2S. The standard InChI is InChI=1S/C16H22ClNO2S/c1-3-20-15(19)16(2,18-14-8-9-14)11-21-10-12-4-6-13(17)7-5-12/h4-7,14,18H,3,8-11H2,1-2H3. The van der Waals surface area contributed by atoms with Gasteiger partial charge in [-0.15, -0.1) is 0 Å². The van der Waals surface area contributed by atoms with E-state index in [-0.39, 0.29) is 5.97 Å². The fourth-order valence-corrected chi connectivity index (χ4v) is 3.35. The molecule has 5 heteroatoms. The van der Waals surface area contributed by atoms with Gasteiger partial charge >= 0.3 is 5.97 Å². The summed E-state index contributed by atoms with van der Waals surface area (Å²) in [6.07, 6.45) is 2.30. The van der Waals surface area contributed by atoms with Crippen molar-refractivity contribution in [2.75, 3.05) is 12.4 Å². The Morgan fingerprint density at radius 3 is 2.67 bits per heavy atom. The number of thioether (sulfide) groups is 1. The van der Waals surface area contributed by atoms with Gasteiger partial charge in [0.05, 0.1) is 6.61 Å². The lowest BCUT2D eigenvalue weighted by atomic mass is 10.1. The normalized spacial score (nSPS) is 17.3. The van der Waals surface area contributed by atoms with Crippen LogP contribution in [0.3, 0.4) is 0 Å².